The van der Waals surface area contributed by atoms with Crippen LogP contribution >= 0.6 is 0 Å². The topological polar surface area (TPSA) is 92.4 Å². The Kier molecular flexibility index (Phi) is 3.28. The molecule has 0 spiro atoms. The first-order chi connectivity index (χ1) is 7.02. The number of phenols is 1. The summed E-state index contributed by atoms with van der Waals surface area (Å²) in [5, 5.41) is 11.8. The van der Waals surface area contributed by atoms with Gasteiger partial charge in [0, 0.05) is 12.5 Å². The molecule has 0 heterocycles. The molecular formula is C10H12N2O3. The van der Waals surface area contributed by atoms with E-state index >= 15 is 0 Å². The molecule has 1 aromatic carbocycles. The van der Waals surface area contributed by atoms with Crippen LogP contribution in [0.25, 0.3) is 0 Å². The number of nitrogens with two attached hydrogens (primary N) is 1. The first-order valence-corrected chi connectivity index (χ1v) is 4.36. The molecule has 15 heavy (non-hydrogen) atoms. The van der Waals surface area contributed by atoms with Crippen molar-refractivity contribution in [3.63, 3.8) is 0 Å². The second-order valence-corrected chi connectivity index (χ2v) is 3.09. The Labute approximate surface area is 86.9 Å². The first-order valence-electron chi connectivity index (χ1n) is 4.36. The smallest absolute Gasteiger partial charge is 0.244 e. The van der Waals surface area contributed by atoms with Gasteiger partial charge < -0.3 is 16.2 Å². The number of nitrogens with one attached hydrogen (secondary N) is 1. The molecule has 80 valence electrons. The monoisotopic (exact) mass is 208 g/mol. The third-order valence-electron chi connectivity index (χ3n) is 1.88. The quantitative estimate of drug-likeness (QED) is 0.655. The van der Waals surface area contributed by atoms with Crippen molar-refractivity contribution >= 4 is 11.8 Å². The highest BCUT2D eigenvalue weighted by Gasteiger charge is 2.21. The minimum atomic E-state index is -0.997. The van der Waals surface area contributed by atoms with E-state index in [2.05, 4.69) is 5.32 Å². The molecule has 5 heteroatoms. The zero-order valence-electron chi connectivity index (χ0n) is 8.23. The van der Waals surface area contributed by atoms with Crippen LogP contribution in [0.1, 0.15) is 18.5 Å². The summed E-state index contributed by atoms with van der Waals surface area (Å²) in [5.74, 6) is -1.18. The van der Waals surface area contributed by atoms with Gasteiger partial charge in [-0.2, -0.15) is 0 Å². The van der Waals surface area contributed by atoms with Gasteiger partial charge in [-0.25, -0.2) is 0 Å². The van der Waals surface area contributed by atoms with Gasteiger partial charge in [-0.05, 0) is 6.07 Å². The van der Waals surface area contributed by atoms with E-state index in [9.17, 15) is 14.7 Å². The number of phenolic OH excluding ortho intramolecular Hbond substituents is 1. The van der Waals surface area contributed by atoms with Crippen LogP contribution in [0.15, 0.2) is 24.3 Å². The number of primary amides is 1. The highest BCUT2D eigenvalue weighted by molar-refractivity contribution is 5.87. The molecule has 0 aromatic heterocycles. The van der Waals surface area contributed by atoms with Gasteiger partial charge in [-0.1, -0.05) is 18.2 Å². The number of benzene rings is 1. The van der Waals surface area contributed by atoms with Crippen LogP contribution in [-0.2, 0) is 9.59 Å². The molecule has 0 aliphatic carbocycles. The maximum Gasteiger partial charge on any atom is 0.244 e. The van der Waals surface area contributed by atoms with Crippen LogP contribution in [0.2, 0.25) is 0 Å². The minimum absolute atomic E-state index is 0.0740. The van der Waals surface area contributed by atoms with Gasteiger partial charge in [0.15, 0.2) is 0 Å². The number of hydrogen-bond acceptors (Lipinski definition) is 3. The number of carbonyl (C=O) groups excluding carboxylic acids is 2. The van der Waals surface area contributed by atoms with Crippen molar-refractivity contribution in [1.29, 1.82) is 0 Å². The van der Waals surface area contributed by atoms with E-state index in [-0.39, 0.29) is 11.7 Å². The van der Waals surface area contributed by atoms with Crippen molar-refractivity contribution in [2.45, 2.75) is 13.0 Å². The van der Waals surface area contributed by atoms with Gasteiger partial charge in [0.25, 0.3) is 0 Å². The van der Waals surface area contributed by atoms with Crippen molar-refractivity contribution in [2.75, 3.05) is 0 Å². The number of para-hydroxylation sites is 1. The van der Waals surface area contributed by atoms with Crippen LogP contribution in [-0.4, -0.2) is 16.9 Å². The molecule has 0 radical (unpaired) electrons. The lowest BCUT2D eigenvalue weighted by atomic mass is 10.1. The Hall–Kier alpha value is -2.04. The Balaban J connectivity index is 3.04. The Morgan fingerprint density at radius 1 is 1.40 bits per heavy atom. The second-order valence-electron chi connectivity index (χ2n) is 3.09. The fourth-order valence-electron chi connectivity index (χ4n) is 1.24. The summed E-state index contributed by atoms with van der Waals surface area (Å²) in [6.07, 6.45) is 0. The molecule has 1 atom stereocenters. The molecule has 1 unspecified atom stereocenters. The summed E-state index contributed by atoms with van der Waals surface area (Å²) in [4.78, 5) is 21.9. The molecule has 2 amide bonds. The van der Waals surface area contributed by atoms with Gasteiger partial charge in [-0.15, -0.1) is 0 Å². The summed E-state index contributed by atoms with van der Waals surface area (Å²) in [6.45, 7) is 1.27. The summed E-state index contributed by atoms with van der Waals surface area (Å²) in [5.41, 5.74) is 5.41. The maximum absolute atomic E-state index is 11.1. The maximum atomic E-state index is 11.1. The van der Waals surface area contributed by atoms with Gasteiger partial charge in [0.1, 0.15) is 11.8 Å². The molecule has 1 rings (SSSR count). The third kappa shape index (κ3) is 2.70. The fourth-order valence-corrected chi connectivity index (χ4v) is 1.24. The molecule has 0 saturated heterocycles. The summed E-state index contributed by atoms with van der Waals surface area (Å²) in [7, 11) is 0. The Morgan fingerprint density at radius 3 is 2.47 bits per heavy atom. The van der Waals surface area contributed by atoms with E-state index in [4.69, 9.17) is 5.73 Å². The van der Waals surface area contributed by atoms with E-state index in [1.54, 1.807) is 12.1 Å². The molecule has 0 aliphatic rings. The van der Waals surface area contributed by atoms with Gasteiger partial charge in [0.05, 0.1) is 0 Å². The lowest BCUT2D eigenvalue weighted by molar-refractivity contribution is -0.126. The number of aromatic hydroxyl groups is 1. The van der Waals surface area contributed by atoms with E-state index in [1.807, 2.05) is 0 Å². The molecular weight excluding hydrogens is 196 g/mol. The van der Waals surface area contributed by atoms with Crippen molar-refractivity contribution in [3.8, 4) is 5.75 Å². The lowest BCUT2D eigenvalue weighted by Crippen LogP contribution is -2.36. The van der Waals surface area contributed by atoms with Crippen LogP contribution < -0.4 is 11.1 Å². The first kappa shape index (κ1) is 11.0. The molecule has 0 saturated carbocycles. The summed E-state index contributed by atoms with van der Waals surface area (Å²) in [6, 6.07) is 5.22. The fraction of sp³-hybridized carbons (Fsp3) is 0.200. The van der Waals surface area contributed by atoms with Gasteiger partial charge in [0.2, 0.25) is 11.8 Å². The van der Waals surface area contributed by atoms with Crippen molar-refractivity contribution in [3.05, 3.63) is 29.8 Å². The lowest BCUT2D eigenvalue weighted by Gasteiger charge is -2.15. The summed E-state index contributed by atoms with van der Waals surface area (Å²) >= 11 is 0. The molecule has 5 nitrogen and oxygen atoms in total. The van der Waals surface area contributed by atoms with Gasteiger partial charge >= 0.3 is 0 Å². The predicted octanol–water partition coefficient (Wildman–Crippen LogP) is 0.0547. The second kappa shape index (κ2) is 4.45. The zero-order valence-corrected chi connectivity index (χ0v) is 8.23. The highest BCUT2D eigenvalue weighted by Crippen LogP contribution is 2.23. The number of rotatable bonds is 3. The minimum Gasteiger partial charge on any atom is -0.508 e. The third-order valence-corrected chi connectivity index (χ3v) is 1.88. The number of hydrogen-bond donors (Lipinski definition) is 3. The summed E-state index contributed by atoms with van der Waals surface area (Å²) < 4.78 is 0. The highest BCUT2D eigenvalue weighted by atomic mass is 16.3. The largest absolute Gasteiger partial charge is 0.508 e. The van der Waals surface area contributed by atoms with Crippen LogP contribution in [0.3, 0.4) is 0 Å². The van der Waals surface area contributed by atoms with E-state index in [0.29, 0.717) is 5.56 Å². The average Bonchev–Trinajstić information content (AvgIpc) is 2.15. The van der Waals surface area contributed by atoms with E-state index < -0.39 is 11.9 Å². The van der Waals surface area contributed by atoms with Gasteiger partial charge in [-0.3, -0.25) is 9.59 Å². The average molecular weight is 208 g/mol. The van der Waals surface area contributed by atoms with E-state index in [0.717, 1.165) is 0 Å². The number of amides is 2. The van der Waals surface area contributed by atoms with Crippen molar-refractivity contribution < 1.29 is 14.7 Å². The molecule has 1 aromatic rings. The van der Waals surface area contributed by atoms with Crippen molar-refractivity contribution in [2.24, 2.45) is 5.73 Å². The SMILES string of the molecule is CC(=O)NC(C(N)=O)c1ccccc1O. The Morgan fingerprint density at radius 2 is 2.00 bits per heavy atom. The molecule has 0 bridgehead atoms. The van der Waals surface area contributed by atoms with Crippen LogP contribution in [0, 0.1) is 0 Å². The Bertz CT molecular complexity index is 390. The standard InChI is InChI=1S/C10H12N2O3/c1-6(13)12-9(10(11)15)7-4-2-3-5-8(7)14/h2-5,9,14H,1H3,(H2,11,15)(H,12,13). The molecule has 0 fully saturated rings. The predicted molar refractivity (Wildman–Crippen MR) is 53.9 cm³/mol. The van der Waals surface area contributed by atoms with Crippen LogP contribution in [0.5, 0.6) is 5.75 Å². The normalized spacial score (nSPS) is 11.8. The van der Waals surface area contributed by atoms with E-state index in [1.165, 1.54) is 19.1 Å². The van der Waals surface area contributed by atoms with Crippen LogP contribution in [0.4, 0.5) is 0 Å². The molecule has 0 aliphatic heterocycles. The van der Waals surface area contributed by atoms with Crippen molar-refractivity contribution in [1.82, 2.24) is 5.32 Å². The zero-order chi connectivity index (χ0) is 11.4. The molecule has 4 N–H and O–H groups in total. The number of carbonyl (C=O) groups is 2.